The number of carbonyl (C=O) groups excluding carboxylic acids is 1. The van der Waals surface area contributed by atoms with Crippen molar-refractivity contribution in [1.29, 1.82) is 0 Å². The Labute approximate surface area is 123 Å². The topological polar surface area (TPSA) is 67.5 Å². The number of benzene rings is 1. The Balaban J connectivity index is 2.40. The molecule has 0 aliphatic heterocycles. The molecule has 2 rings (SSSR count). The van der Waals surface area contributed by atoms with Crippen molar-refractivity contribution in [2.45, 2.75) is 46.0 Å². The van der Waals surface area contributed by atoms with E-state index in [1.54, 1.807) is 13.0 Å². The standard InChI is InChI=1S/C17H20O4/c1-3-4-5-6-7-13(18)16-14(19)9-8-12-11(2)10-15(20)21-17(12)16/h8-10,19H,3-7H2,1-2H3. The lowest BCUT2D eigenvalue weighted by Crippen LogP contribution is -2.05. The fourth-order valence-corrected chi connectivity index (χ4v) is 2.48. The van der Waals surface area contributed by atoms with Gasteiger partial charge in [-0.05, 0) is 31.0 Å². The van der Waals surface area contributed by atoms with Gasteiger partial charge >= 0.3 is 5.63 Å². The Morgan fingerprint density at radius 3 is 2.71 bits per heavy atom. The van der Waals surface area contributed by atoms with Gasteiger partial charge in [-0.1, -0.05) is 26.2 Å². The van der Waals surface area contributed by atoms with Gasteiger partial charge in [0.05, 0.1) is 0 Å². The Morgan fingerprint density at radius 2 is 2.00 bits per heavy atom. The number of hydrogen-bond acceptors (Lipinski definition) is 4. The first-order chi connectivity index (χ1) is 10.0. The summed E-state index contributed by atoms with van der Waals surface area (Å²) < 4.78 is 5.17. The second-order valence-electron chi connectivity index (χ2n) is 5.32. The molecule has 2 aromatic rings. The van der Waals surface area contributed by atoms with E-state index in [1.807, 2.05) is 0 Å². The van der Waals surface area contributed by atoms with E-state index in [0.717, 1.165) is 31.2 Å². The number of rotatable bonds is 6. The van der Waals surface area contributed by atoms with E-state index in [9.17, 15) is 14.7 Å². The number of aromatic hydroxyl groups is 1. The molecule has 112 valence electrons. The van der Waals surface area contributed by atoms with Gasteiger partial charge in [-0.3, -0.25) is 4.79 Å². The van der Waals surface area contributed by atoms with Crippen molar-refractivity contribution in [1.82, 2.24) is 0 Å². The molecule has 4 heteroatoms. The molecule has 0 atom stereocenters. The molecule has 0 unspecified atom stereocenters. The summed E-state index contributed by atoms with van der Waals surface area (Å²) in [7, 11) is 0. The summed E-state index contributed by atoms with van der Waals surface area (Å²) in [5.41, 5.74) is 0.553. The number of carbonyl (C=O) groups is 1. The average Bonchev–Trinajstić information content (AvgIpc) is 2.42. The van der Waals surface area contributed by atoms with Gasteiger partial charge in [0.25, 0.3) is 0 Å². The van der Waals surface area contributed by atoms with E-state index in [-0.39, 0.29) is 22.7 Å². The smallest absolute Gasteiger partial charge is 0.336 e. The predicted molar refractivity (Wildman–Crippen MR) is 82.0 cm³/mol. The monoisotopic (exact) mass is 288 g/mol. The average molecular weight is 288 g/mol. The minimum Gasteiger partial charge on any atom is -0.507 e. The summed E-state index contributed by atoms with van der Waals surface area (Å²) in [5, 5.41) is 10.7. The fourth-order valence-electron chi connectivity index (χ4n) is 2.48. The third-order valence-electron chi connectivity index (χ3n) is 3.63. The Hall–Kier alpha value is -2.10. The van der Waals surface area contributed by atoms with Crippen molar-refractivity contribution in [3.63, 3.8) is 0 Å². The third-order valence-corrected chi connectivity index (χ3v) is 3.63. The van der Waals surface area contributed by atoms with Crippen molar-refractivity contribution in [3.05, 3.63) is 39.7 Å². The van der Waals surface area contributed by atoms with Gasteiger partial charge in [-0.2, -0.15) is 0 Å². The van der Waals surface area contributed by atoms with Crippen molar-refractivity contribution < 1.29 is 14.3 Å². The number of phenols is 1. The van der Waals surface area contributed by atoms with Crippen LogP contribution >= 0.6 is 0 Å². The number of fused-ring (bicyclic) bond motifs is 1. The molecule has 1 aromatic carbocycles. The molecular formula is C17H20O4. The first-order valence-corrected chi connectivity index (χ1v) is 7.34. The van der Waals surface area contributed by atoms with Crippen LogP contribution in [0.15, 0.2) is 27.4 Å². The molecule has 0 aliphatic rings. The minimum absolute atomic E-state index is 0.128. The molecule has 0 amide bonds. The SMILES string of the molecule is CCCCCCC(=O)c1c(O)ccc2c(C)cc(=O)oc12. The highest BCUT2D eigenvalue weighted by Crippen LogP contribution is 2.29. The van der Waals surface area contributed by atoms with E-state index in [0.29, 0.717) is 11.8 Å². The summed E-state index contributed by atoms with van der Waals surface area (Å²) in [6.07, 6.45) is 4.30. The van der Waals surface area contributed by atoms with Gasteiger partial charge in [-0.25, -0.2) is 4.79 Å². The van der Waals surface area contributed by atoms with Crippen LogP contribution < -0.4 is 5.63 Å². The number of phenolic OH excluding ortho intramolecular Hbond substituents is 1. The number of unbranched alkanes of at least 4 members (excludes halogenated alkanes) is 3. The molecule has 1 heterocycles. The third kappa shape index (κ3) is 3.32. The Bertz CT molecular complexity index is 713. The zero-order chi connectivity index (χ0) is 15.4. The predicted octanol–water partition coefficient (Wildman–Crippen LogP) is 3.96. The molecule has 0 saturated carbocycles. The molecule has 0 radical (unpaired) electrons. The summed E-state index contributed by atoms with van der Waals surface area (Å²) in [6, 6.07) is 4.53. The van der Waals surface area contributed by atoms with Gasteiger partial charge in [0.1, 0.15) is 11.3 Å². The second-order valence-corrected chi connectivity index (χ2v) is 5.32. The van der Waals surface area contributed by atoms with Crippen LogP contribution in [0.5, 0.6) is 5.75 Å². The highest BCUT2D eigenvalue weighted by molar-refractivity contribution is 6.08. The van der Waals surface area contributed by atoms with Crippen molar-refractivity contribution in [2.75, 3.05) is 0 Å². The summed E-state index contributed by atoms with van der Waals surface area (Å²) in [6.45, 7) is 3.89. The van der Waals surface area contributed by atoms with Crippen LogP contribution in [0.4, 0.5) is 0 Å². The minimum atomic E-state index is -0.509. The molecule has 0 bridgehead atoms. The lowest BCUT2D eigenvalue weighted by atomic mass is 9.99. The van der Waals surface area contributed by atoms with Crippen LogP contribution in [-0.2, 0) is 0 Å². The van der Waals surface area contributed by atoms with Crippen molar-refractivity contribution in [2.24, 2.45) is 0 Å². The largest absolute Gasteiger partial charge is 0.507 e. The second kappa shape index (κ2) is 6.57. The lowest BCUT2D eigenvalue weighted by molar-refractivity contribution is 0.0977. The lowest BCUT2D eigenvalue weighted by Gasteiger charge is -2.08. The van der Waals surface area contributed by atoms with E-state index < -0.39 is 5.63 Å². The Kier molecular flexibility index (Phi) is 4.78. The maximum Gasteiger partial charge on any atom is 0.336 e. The molecule has 4 nitrogen and oxygen atoms in total. The molecule has 0 spiro atoms. The quantitative estimate of drug-likeness (QED) is 0.496. The van der Waals surface area contributed by atoms with E-state index in [1.165, 1.54) is 12.1 Å². The van der Waals surface area contributed by atoms with Crippen LogP contribution in [0, 0.1) is 6.92 Å². The fraction of sp³-hybridized carbons (Fsp3) is 0.412. The maximum atomic E-state index is 12.3. The first-order valence-electron chi connectivity index (χ1n) is 7.34. The van der Waals surface area contributed by atoms with Gasteiger partial charge in [0.2, 0.25) is 0 Å². The van der Waals surface area contributed by atoms with Crippen LogP contribution in [0.2, 0.25) is 0 Å². The number of Topliss-reactive ketones (excluding diaryl/α,β-unsaturated/α-hetero) is 1. The molecule has 21 heavy (non-hydrogen) atoms. The molecule has 1 N–H and O–H groups in total. The number of ketones is 1. The number of aryl methyl sites for hydroxylation is 1. The molecule has 1 aromatic heterocycles. The normalized spacial score (nSPS) is 11.0. The van der Waals surface area contributed by atoms with Gasteiger partial charge in [0.15, 0.2) is 11.4 Å². The first kappa shape index (κ1) is 15.3. The highest BCUT2D eigenvalue weighted by atomic mass is 16.4. The molecule has 0 fully saturated rings. The molecular weight excluding hydrogens is 268 g/mol. The van der Waals surface area contributed by atoms with Crippen LogP contribution in [0.25, 0.3) is 11.0 Å². The number of hydrogen-bond donors (Lipinski definition) is 1. The van der Waals surface area contributed by atoms with Crippen LogP contribution in [-0.4, -0.2) is 10.9 Å². The van der Waals surface area contributed by atoms with Crippen molar-refractivity contribution in [3.8, 4) is 5.75 Å². The molecule has 0 aliphatic carbocycles. The van der Waals surface area contributed by atoms with Crippen LogP contribution in [0.3, 0.4) is 0 Å². The van der Waals surface area contributed by atoms with Crippen molar-refractivity contribution >= 4 is 16.8 Å². The zero-order valence-electron chi connectivity index (χ0n) is 12.4. The highest BCUT2D eigenvalue weighted by Gasteiger charge is 2.18. The summed E-state index contributed by atoms with van der Waals surface area (Å²) in [5.74, 6) is -0.306. The van der Waals surface area contributed by atoms with Crippen LogP contribution in [0.1, 0.15) is 54.9 Å². The van der Waals surface area contributed by atoms with Gasteiger partial charge < -0.3 is 9.52 Å². The van der Waals surface area contributed by atoms with Gasteiger partial charge in [0, 0.05) is 17.9 Å². The Morgan fingerprint density at radius 1 is 1.24 bits per heavy atom. The molecule has 0 saturated heterocycles. The van der Waals surface area contributed by atoms with E-state index >= 15 is 0 Å². The van der Waals surface area contributed by atoms with E-state index in [4.69, 9.17) is 4.42 Å². The van der Waals surface area contributed by atoms with Gasteiger partial charge in [-0.15, -0.1) is 0 Å². The summed E-state index contributed by atoms with van der Waals surface area (Å²) >= 11 is 0. The maximum absolute atomic E-state index is 12.3. The zero-order valence-corrected chi connectivity index (χ0v) is 12.4. The van der Waals surface area contributed by atoms with E-state index in [2.05, 4.69) is 6.92 Å². The summed E-state index contributed by atoms with van der Waals surface area (Å²) in [4.78, 5) is 23.9.